The molecular weight excluding hydrogens is 329 g/mol. The van der Waals surface area contributed by atoms with E-state index in [1.54, 1.807) is 24.4 Å². The summed E-state index contributed by atoms with van der Waals surface area (Å²) in [5.74, 6) is -0.102. The Morgan fingerprint density at radius 2 is 2.24 bits per heavy atom. The average Bonchev–Trinajstić information content (AvgIpc) is 2.84. The highest BCUT2D eigenvalue weighted by molar-refractivity contribution is 8.00. The van der Waals surface area contributed by atoms with E-state index in [1.165, 1.54) is 11.8 Å². The van der Waals surface area contributed by atoms with Crippen LogP contribution in [0.3, 0.4) is 0 Å². The van der Waals surface area contributed by atoms with Gasteiger partial charge in [-0.25, -0.2) is 4.98 Å². The zero-order chi connectivity index (χ0) is 15.4. The van der Waals surface area contributed by atoms with E-state index >= 15 is 0 Å². The van der Waals surface area contributed by atoms with Gasteiger partial charge in [-0.05, 0) is 24.6 Å². The molecule has 2 rings (SSSR count). The van der Waals surface area contributed by atoms with Crippen molar-refractivity contribution in [3.8, 4) is 0 Å². The van der Waals surface area contributed by atoms with E-state index in [2.05, 4.69) is 10.3 Å². The number of carbonyl (C=O) groups is 1. The third-order valence-corrected chi connectivity index (χ3v) is 4.86. The van der Waals surface area contributed by atoms with Gasteiger partial charge in [-0.15, -0.1) is 0 Å². The number of aromatic nitrogens is 2. The van der Waals surface area contributed by atoms with Crippen LogP contribution in [0.15, 0.2) is 35.7 Å². The Labute approximate surface area is 137 Å². The number of anilines is 1. The predicted octanol–water partition coefficient (Wildman–Crippen LogP) is 4.24. The van der Waals surface area contributed by atoms with Gasteiger partial charge in [0.2, 0.25) is 5.91 Å². The molecule has 0 aliphatic carbocycles. The highest BCUT2D eigenvalue weighted by atomic mass is 35.5. The number of aryl methyl sites for hydroxylation is 1. The van der Waals surface area contributed by atoms with E-state index in [9.17, 15) is 4.79 Å². The smallest absolute Gasteiger partial charge is 0.238 e. The quantitative estimate of drug-likeness (QED) is 0.826. The van der Waals surface area contributed by atoms with Crippen LogP contribution in [0.25, 0.3) is 0 Å². The van der Waals surface area contributed by atoms with Gasteiger partial charge in [0.1, 0.15) is 0 Å². The number of amides is 1. The van der Waals surface area contributed by atoms with Crippen molar-refractivity contribution in [1.82, 2.24) is 9.55 Å². The Hall–Kier alpha value is -1.17. The molecule has 1 aromatic carbocycles. The molecule has 0 aliphatic heterocycles. The van der Waals surface area contributed by atoms with Gasteiger partial charge in [0.15, 0.2) is 5.16 Å². The van der Waals surface area contributed by atoms with E-state index in [4.69, 9.17) is 23.2 Å². The van der Waals surface area contributed by atoms with Crippen LogP contribution in [0, 0.1) is 0 Å². The summed E-state index contributed by atoms with van der Waals surface area (Å²) in [5, 5.41) is 4.36. The molecule has 1 amide bonds. The number of rotatable bonds is 5. The number of thioether (sulfide) groups is 1. The second-order valence-electron chi connectivity index (χ2n) is 4.45. The molecule has 0 fully saturated rings. The largest absolute Gasteiger partial charge is 0.329 e. The maximum absolute atomic E-state index is 12.4. The molecular formula is C14H15Cl2N3OS. The van der Waals surface area contributed by atoms with Gasteiger partial charge in [-0.3, -0.25) is 4.79 Å². The minimum absolute atomic E-state index is 0.102. The van der Waals surface area contributed by atoms with Crippen molar-refractivity contribution in [3.05, 3.63) is 40.6 Å². The summed E-state index contributed by atoms with van der Waals surface area (Å²) in [6, 6.07) is 4.99. The number of imidazole rings is 1. The molecule has 0 saturated carbocycles. The van der Waals surface area contributed by atoms with Gasteiger partial charge in [-0.2, -0.15) is 0 Å². The topological polar surface area (TPSA) is 46.9 Å². The standard InChI is InChI=1S/C14H15Cl2N3OS/c1-3-12(21-14-17-6-7-19(14)2)13(20)18-11-5-4-9(15)8-10(11)16/h4-8,12H,3H2,1-2H3,(H,18,20). The molecule has 1 unspecified atom stereocenters. The molecule has 7 heteroatoms. The van der Waals surface area contributed by atoms with E-state index in [0.29, 0.717) is 22.2 Å². The fraction of sp³-hybridized carbons (Fsp3) is 0.286. The Morgan fingerprint density at radius 1 is 1.48 bits per heavy atom. The number of hydrogen-bond donors (Lipinski definition) is 1. The zero-order valence-electron chi connectivity index (χ0n) is 11.6. The SMILES string of the molecule is CCC(Sc1nccn1C)C(=O)Nc1ccc(Cl)cc1Cl. The van der Waals surface area contributed by atoms with Crippen LogP contribution in [-0.4, -0.2) is 20.7 Å². The Bertz CT molecular complexity index is 645. The normalized spacial score (nSPS) is 12.2. The molecule has 2 aromatic rings. The fourth-order valence-electron chi connectivity index (χ4n) is 1.72. The highest BCUT2D eigenvalue weighted by Gasteiger charge is 2.20. The van der Waals surface area contributed by atoms with Gasteiger partial charge in [-0.1, -0.05) is 41.9 Å². The lowest BCUT2D eigenvalue weighted by atomic mass is 10.2. The number of benzene rings is 1. The van der Waals surface area contributed by atoms with Gasteiger partial charge < -0.3 is 9.88 Å². The van der Waals surface area contributed by atoms with Crippen molar-refractivity contribution >= 4 is 46.6 Å². The summed E-state index contributed by atoms with van der Waals surface area (Å²) in [4.78, 5) is 16.6. The van der Waals surface area contributed by atoms with Gasteiger partial charge in [0.05, 0.1) is 16.0 Å². The molecule has 0 saturated heterocycles. The van der Waals surface area contributed by atoms with Crippen LogP contribution in [-0.2, 0) is 11.8 Å². The molecule has 1 aromatic heterocycles. The van der Waals surface area contributed by atoms with E-state index in [-0.39, 0.29) is 11.2 Å². The molecule has 0 spiro atoms. The van der Waals surface area contributed by atoms with Gasteiger partial charge in [0.25, 0.3) is 0 Å². The van der Waals surface area contributed by atoms with Gasteiger partial charge >= 0.3 is 0 Å². The van der Waals surface area contributed by atoms with Crippen molar-refractivity contribution in [3.63, 3.8) is 0 Å². The van der Waals surface area contributed by atoms with Crippen molar-refractivity contribution in [2.24, 2.45) is 7.05 Å². The lowest BCUT2D eigenvalue weighted by Gasteiger charge is -2.15. The Kier molecular flexibility index (Phi) is 5.56. The average molecular weight is 344 g/mol. The Morgan fingerprint density at radius 3 is 2.81 bits per heavy atom. The van der Waals surface area contributed by atoms with Crippen molar-refractivity contribution < 1.29 is 4.79 Å². The highest BCUT2D eigenvalue weighted by Crippen LogP contribution is 2.28. The van der Waals surface area contributed by atoms with E-state index < -0.39 is 0 Å². The maximum atomic E-state index is 12.4. The first-order valence-electron chi connectivity index (χ1n) is 6.41. The molecule has 0 bridgehead atoms. The van der Waals surface area contributed by atoms with Crippen molar-refractivity contribution in [2.45, 2.75) is 23.8 Å². The molecule has 1 heterocycles. The first kappa shape index (κ1) is 16.2. The third-order valence-electron chi connectivity index (χ3n) is 2.88. The predicted molar refractivity (Wildman–Crippen MR) is 88.2 cm³/mol. The molecule has 1 N–H and O–H groups in total. The summed E-state index contributed by atoms with van der Waals surface area (Å²) in [6.45, 7) is 1.96. The number of carbonyl (C=O) groups excluding carboxylic acids is 1. The zero-order valence-corrected chi connectivity index (χ0v) is 14.0. The second kappa shape index (κ2) is 7.20. The van der Waals surface area contributed by atoms with Gasteiger partial charge in [0, 0.05) is 24.5 Å². The second-order valence-corrected chi connectivity index (χ2v) is 6.46. The lowest BCUT2D eigenvalue weighted by molar-refractivity contribution is -0.115. The summed E-state index contributed by atoms with van der Waals surface area (Å²) < 4.78 is 1.88. The minimum Gasteiger partial charge on any atom is -0.329 e. The van der Waals surface area contributed by atoms with Crippen LogP contribution in [0.5, 0.6) is 0 Å². The molecule has 1 atom stereocenters. The number of halogens is 2. The minimum atomic E-state index is -0.238. The molecule has 0 aliphatic rings. The molecule has 0 radical (unpaired) electrons. The number of hydrogen-bond acceptors (Lipinski definition) is 3. The number of nitrogens with zero attached hydrogens (tertiary/aromatic N) is 2. The van der Waals surface area contributed by atoms with Crippen LogP contribution < -0.4 is 5.32 Å². The summed E-state index contributed by atoms with van der Waals surface area (Å²) in [6.07, 6.45) is 4.25. The first-order chi connectivity index (χ1) is 10.0. The Balaban J connectivity index is 2.08. The summed E-state index contributed by atoms with van der Waals surface area (Å²) >= 11 is 13.3. The van der Waals surface area contributed by atoms with Crippen LogP contribution in [0.1, 0.15) is 13.3 Å². The third kappa shape index (κ3) is 4.15. The van der Waals surface area contributed by atoms with E-state index in [0.717, 1.165) is 5.16 Å². The van der Waals surface area contributed by atoms with Crippen LogP contribution in [0.4, 0.5) is 5.69 Å². The fourth-order valence-corrected chi connectivity index (χ4v) is 3.11. The monoisotopic (exact) mass is 343 g/mol. The van der Waals surface area contributed by atoms with Crippen molar-refractivity contribution in [2.75, 3.05) is 5.32 Å². The maximum Gasteiger partial charge on any atom is 0.238 e. The lowest BCUT2D eigenvalue weighted by Crippen LogP contribution is -2.25. The van der Waals surface area contributed by atoms with Crippen LogP contribution in [0.2, 0.25) is 10.0 Å². The summed E-state index contributed by atoms with van der Waals surface area (Å²) in [7, 11) is 1.90. The molecule has 4 nitrogen and oxygen atoms in total. The van der Waals surface area contributed by atoms with E-state index in [1.807, 2.05) is 24.7 Å². The van der Waals surface area contributed by atoms with Crippen molar-refractivity contribution in [1.29, 1.82) is 0 Å². The summed E-state index contributed by atoms with van der Waals surface area (Å²) in [5.41, 5.74) is 0.560. The first-order valence-corrected chi connectivity index (χ1v) is 8.04. The number of nitrogens with one attached hydrogen (secondary N) is 1. The molecule has 21 heavy (non-hydrogen) atoms. The van der Waals surface area contributed by atoms with Crippen LogP contribution >= 0.6 is 35.0 Å². The molecule has 112 valence electrons.